The largest absolute Gasteiger partial charge is 0.465 e. The quantitative estimate of drug-likeness (QED) is 0.647. The maximum Gasteiger partial charge on any atom is 0.325 e. The number of nitrogen functional groups attached to an aromatic ring is 1. The zero-order chi connectivity index (χ0) is 14.4. The average molecular weight is 268 g/mol. The summed E-state index contributed by atoms with van der Waals surface area (Å²) in [6.45, 7) is 3.89. The monoisotopic (exact) mass is 268 g/mol. The molecule has 1 amide bonds. The number of nitrogens with zero attached hydrogens (tertiary/aromatic N) is 1. The number of benzene rings is 1. The summed E-state index contributed by atoms with van der Waals surface area (Å²) < 4.78 is 17.8. The van der Waals surface area contributed by atoms with Gasteiger partial charge in [-0.15, -0.1) is 0 Å². The number of carbonyl (C=O) groups excluding carboxylic acids is 2. The first-order chi connectivity index (χ1) is 8.99. The number of rotatable bonds is 5. The molecule has 1 aromatic rings. The lowest BCUT2D eigenvalue weighted by Gasteiger charge is -2.20. The predicted molar refractivity (Wildman–Crippen MR) is 69.0 cm³/mol. The van der Waals surface area contributed by atoms with Gasteiger partial charge in [0, 0.05) is 12.1 Å². The average Bonchev–Trinajstić information content (AvgIpc) is 2.38. The Hall–Kier alpha value is -2.11. The van der Waals surface area contributed by atoms with Crippen molar-refractivity contribution in [1.82, 2.24) is 4.90 Å². The maximum atomic E-state index is 13.0. The van der Waals surface area contributed by atoms with Gasteiger partial charge >= 0.3 is 5.97 Å². The molecule has 104 valence electrons. The Morgan fingerprint density at radius 3 is 2.58 bits per heavy atom. The maximum absolute atomic E-state index is 13.0. The van der Waals surface area contributed by atoms with Crippen molar-refractivity contribution in [3.63, 3.8) is 0 Å². The van der Waals surface area contributed by atoms with Crippen molar-refractivity contribution in [3.05, 3.63) is 29.6 Å². The molecule has 0 aliphatic heterocycles. The molecule has 0 radical (unpaired) electrons. The Morgan fingerprint density at radius 1 is 1.37 bits per heavy atom. The van der Waals surface area contributed by atoms with Crippen molar-refractivity contribution in [2.45, 2.75) is 13.8 Å². The molecule has 0 aliphatic rings. The minimum absolute atomic E-state index is 0.0990. The number of likely N-dealkylation sites (N-methyl/N-ethyl adjacent to an activating group) is 1. The summed E-state index contributed by atoms with van der Waals surface area (Å²) in [5.41, 5.74) is 5.55. The van der Waals surface area contributed by atoms with E-state index in [1.807, 2.05) is 0 Å². The molecule has 19 heavy (non-hydrogen) atoms. The summed E-state index contributed by atoms with van der Waals surface area (Å²) in [5.74, 6) is -1.44. The Bertz CT molecular complexity index is 477. The number of halogens is 1. The van der Waals surface area contributed by atoms with Crippen LogP contribution in [0.15, 0.2) is 18.2 Å². The Kier molecular flexibility index (Phi) is 5.29. The highest BCUT2D eigenvalue weighted by molar-refractivity contribution is 5.96. The van der Waals surface area contributed by atoms with E-state index in [9.17, 15) is 14.0 Å². The number of hydrogen-bond acceptors (Lipinski definition) is 4. The van der Waals surface area contributed by atoms with Crippen LogP contribution in [0.1, 0.15) is 24.2 Å². The van der Waals surface area contributed by atoms with Crippen molar-refractivity contribution >= 4 is 17.6 Å². The van der Waals surface area contributed by atoms with Gasteiger partial charge in [-0.25, -0.2) is 4.39 Å². The molecular weight excluding hydrogens is 251 g/mol. The van der Waals surface area contributed by atoms with Crippen molar-refractivity contribution in [2.24, 2.45) is 0 Å². The summed E-state index contributed by atoms with van der Waals surface area (Å²) in [4.78, 5) is 24.8. The fourth-order valence-electron chi connectivity index (χ4n) is 1.55. The van der Waals surface area contributed by atoms with Gasteiger partial charge in [-0.2, -0.15) is 0 Å². The third-order valence-electron chi connectivity index (χ3n) is 2.54. The number of carbonyl (C=O) groups is 2. The molecule has 0 bridgehead atoms. The molecule has 0 saturated carbocycles. The van der Waals surface area contributed by atoms with Gasteiger partial charge in [0.2, 0.25) is 0 Å². The van der Waals surface area contributed by atoms with Crippen LogP contribution in [-0.4, -0.2) is 36.5 Å². The van der Waals surface area contributed by atoms with Crippen LogP contribution in [0.2, 0.25) is 0 Å². The standard InChI is InChI=1S/C13H17FN2O3/c1-3-16(8-12(17)19-4-2)13(18)9-5-6-10(14)11(15)7-9/h5-7H,3-4,8,15H2,1-2H3. The van der Waals surface area contributed by atoms with Crippen LogP contribution in [0, 0.1) is 5.82 Å². The molecule has 0 saturated heterocycles. The van der Waals surface area contributed by atoms with E-state index >= 15 is 0 Å². The minimum Gasteiger partial charge on any atom is -0.465 e. The lowest BCUT2D eigenvalue weighted by atomic mass is 10.1. The summed E-state index contributed by atoms with van der Waals surface area (Å²) in [6.07, 6.45) is 0. The van der Waals surface area contributed by atoms with E-state index in [4.69, 9.17) is 10.5 Å². The number of hydrogen-bond donors (Lipinski definition) is 1. The van der Waals surface area contributed by atoms with Crippen LogP contribution < -0.4 is 5.73 Å². The summed E-state index contributed by atoms with van der Waals surface area (Å²) in [5, 5.41) is 0. The second-order valence-electron chi connectivity index (χ2n) is 3.86. The van der Waals surface area contributed by atoms with E-state index in [0.717, 1.165) is 6.07 Å². The van der Waals surface area contributed by atoms with Gasteiger partial charge in [0.25, 0.3) is 5.91 Å². The van der Waals surface area contributed by atoms with E-state index in [1.165, 1.54) is 17.0 Å². The van der Waals surface area contributed by atoms with Crippen molar-refractivity contribution in [1.29, 1.82) is 0 Å². The Morgan fingerprint density at radius 2 is 2.05 bits per heavy atom. The predicted octanol–water partition coefficient (Wildman–Crippen LogP) is 1.43. The van der Waals surface area contributed by atoms with Gasteiger partial charge < -0.3 is 15.4 Å². The van der Waals surface area contributed by atoms with Crippen molar-refractivity contribution in [3.8, 4) is 0 Å². The highest BCUT2D eigenvalue weighted by Crippen LogP contribution is 2.14. The molecule has 0 unspecified atom stereocenters. The first-order valence-corrected chi connectivity index (χ1v) is 5.99. The lowest BCUT2D eigenvalue weighted by molar-refractivity contribution is -0.143. The van der Waals surface area contributed by atoms with Gasteiger partial charge in [-0.1, -0.05) is 0 Å². The third-order valence-corrected chi connectivity index (χ3v) is 2.54. The smallest absolute Gasteiger partial charge is 0.325 e. The van der Waals surface area contributed by atoms with E-state index in [-0.39, 0.29) is 30.3 Å². The fourth-order valence-corrected chi connectivity index (χ4v) is 1.55. The van der Waals surface area contributed by atoms with Crippen LogP contribution >= 0.6 is 0 Å². The summed E-state index contributed by atoms with van der Waals surface area (Å²) >= 11 is 0. The number of nitrogens with two attached hydrogens (primary N) is 1. The van der Waals surface area contributed by atoms with Gasteiger partial charge in [0.15, 0.2) is 0 Å². The molecule has 0 atom stereocenters. The second kappa shape index (κ2) is 6.72. The van der Waals surface area contributed by atoms with E-state index < -0.39 is 11.8 Å². The number of amides is 1. The zero-order valence-corrected chi connectivity index (χ0v) is 11.0. The number of esters is 1. The molecule has 1 rings (SSSR count). The van der Waals surface area contributed by atoms with Gasteiger partial charge in [-0.3, -0.25) is 9.59 Å². The minimum atomic E-state index is -0.579. The van der Waals surface area contributed by atoms with Gasteiger partial charge in [0.1, 0.15) is 12.4 Å². The van der Waals surface area contributed by atoms with Gasteiger partial charge in [-0.05, 0) is 32.0 Å². The summed E-state index contributed by atoms with van der Waals surface area (Å²) in [6, 6.07) is 3.72. The first-order valence-electron chi connectivity index (χ1n) is 5.99. The van der Waals surface area contributed by atoms with Crippen LogP contribution in [-0.2, 0) is 9.53 Å². The molecule has 0 aromatic heterocycles. The molecule has 6 heteroatoms. The molecule has 5 nitrogen and oxygen atoms in total. The SMILES string of the molecule is CCOC(=O)CN(CC)C(=O)c1ccc(F)c(N)c1. The fraction of sp³-hybridized carbons (Fsp3) is 0.385. The zero-order valence-electron chi connectivity index (χ0n) is 11.0. The molecule has 0 heterocycles. The molecule has 0 spiro atoms. The van der Waals surface area contributed by atoms with Crippen LogP contribution in [0.25, 0.3) is 0 Å². The first kappa shape index (κ1) is 14.9. The highest BCUT2D eigenvalue weighted by atomic mass is 19.1. The number of anilines is 1. The third kappa shape index (κ3) is 3.94. The molecule has 2 N–H and O–H groups in total. The van der Waals surface area contributed by atoms with Crippen molar-refractivity contribution in [2.75, 3.05) is 25.4 Å². The topological polar surface area (TPSA) is 72.6 Å². The van der Waals surface area contributed by atoms with E-state index in [1.54, 1.807) is 13.8 Å². The molecule has 0 aliphatic carbocycles. The van der Waals surface area contributed by atoms with Crippen LogP contribution in [0.5, 0.6) is 0 Å². The number of ether oxygens (including phenoxy) is 1. The van der Waals surface area contributed by atoms with Crippen LogP contribution in [0.3, 0.4) is 0 Å². The molecule has 1 aromatic carbocycles. The molecule has 0 fully saturated rings. The molecular formula is C13H17FN2O3. The van der Waals surface area contributed by atoms with Gasteiger partial charge in [0.05, 0.1) is 12.3 Å². The lowest BCUT2D eigenvalue weighted by Crippen LogP contribution is -2.36. The normalized spacial score (nSPS) is 10.1. The van der Waals surface area contributed by atoms with Crippen LogP contribution in [0.4, 0.5) is 10.1 Å². The second-order valence-corrected chi connectivity index (χ2v) is 3.86. The Balaban J connectivity index is 2.83. The Labute approximate surface area is 111 Å². The highest BCUT2D eigenvalue weighted by Gasteiger charge is 2.18. The van der Waals surface area contributed by atoms with E-state index in [2.05, 4.69) is 0 Å². The van der Waals surface area contributed by atoms with E-state index in [0.29, 0.717) is 6.54 Å². The summed E-state index contributed by atoms with van der Waals surface area (Å²) in [7, 11) is 0. The van der Waals surface area contributed by atoms with Crippen molar-refractivity contribution < 1.29 is 18.7 Å².